The molecule has 0 heterocycles. The lowest BCUT2D eigenvalue weighted by Crippen LogP contribution is -2.05. The zero-order valence-electron chi connectivity index (χ0n) is 12.0. The highest BCUT2D eigenvalue weighted by Crippen LogP contribution is 2.23. The van der Waals surface area contributed by atoms with Gasteiger partial charge in [-0.15, -0.1) is 0 Å². The second-order valence-electron chi connectivity index (χ2n) is 4.38. The van der Waals surface area contributed by atoms with Crippen molar-refractivity contribution in [1.82, 2.24) is 0 Å². The predicted molar refractivity (Wildman–Crippen MR) is 76.7 cm³/mol. The van der Waals surface area contributed by atoms with Crippen LogP contribution in [0.2, 0.25) is 0 Å². The zero-order chi connectivity index (χ0) is 13.0. The van der Waals surface area contributed by atoms with Gasteiger partial charge in [-0.1, -0.05) is 82.7 Å². The summed E-state index contributed by atoms with van der Waals surface area (Å²) >= 11 is 0. The number of hydrogen-bond acceptors (Lipinski definition) is 0. The Morgan fingerprint density at radius 2 is 1.06 bits per heavy atom. The largest absolute Gasteiger partial charge is 0.0882 e. The van der Waals surface area contributed by atoms with Crippen molar-refractivity contribution >= 4 is 0 Å². The first-order valence-corrected chi connectivity index (χ1v) is 6.12. The van der Waals surface area contributed by atoms with Gasteiger partial charge >= 0.3 is 0 Å². The molecule has 0 radical (unpaired) electrons. The third-order valence-corrected chi connectivity index (χ3v) is 2.28. The smallest absolute Gasteiger partial charge is 0.0176 e. The SMILES string of the molecule is C/C=C(\C)C(C)(C)C.CC.c1ccccc1. The van der Waals surface area contributed by atoms with Crippen molar-refractivity contribution in [2.75, 3.05) is 0 Å². The number of benzene rings is 1. The molecule has 0 unspecified atom stereocenters. The zero-order valence-corrected chi connectivity index (χ0v) is 12.0. The van der Waals surface area contributed by atoms with Crippen LogP contribution in [-0.4, -0.2) is 0 Å². The summed E-state index contributed by atoms with van der Waals surface area (Å²) in [4.78, 5) is 0. The van der Waals surface area contributed by atoms with E-state index < -0.39 is 0 Å². The lowest BCUT2D eigenvalue weighted by atomic mass is 9.88. The summed E-state index contributed by atoms with van der Waals surface area (Å²) in [5, 5.41) is 0. The van der Waals surface area contributed by atoms with Crippen molar-refractivity contribution in [2.45, 2.75) is 48.5 Å². The average Bonchev–Trinajstić information content (AvgIpc) is 2.32. The molecule has 1 aromatic rings. The molecule has 1 rings (SSSR count). The molecular formula is C16H28. The van der Waals surface area contributed by atoms with E-state index in [1.54, 1.807) is 0 Å². The average molecular weight is 220 g/mol. The van der Waals surface area contributed by atoms with E-state index in [0.29, 0.717) is 5.41 Å². The van der Waals surface area contributed by atoms with Gasteiger partial charge in [0.15, 0.2) is 0 Å². The minimum atomic E-state index is 0.370. The van der Waals surface area contributed by atoms with Crippen molar-refractivity contribution < 1.29 is 0 Å². The summed E-state index contributed by atoms with van der Waals surface area (Å²) in [7, 11) is 0. The predicted octanol–water partition coefficient (Wildman–Crippen LogP) is 5.71. The first-order valence-electron chi connectivity index (χ1n) is 6.12. The highest BCUT2D eigenvalue weighted by Gasteiger charge is 2.09. The Kier molecular flexibility index (Phi) is 11.4. The van der Waals surface area contributed by atoms with E-state index in [9.17, 15) is 0 Å². The van der Waals surface area contributed by atoms with Crippen LogP contribution in [0.25, 0.3) is 0 Å². The van der Waals surface area contributed by atoms with Crippen molar-refractivity contribution in [2.24, 2.45) is 5.41 Å². The summed E-state index contributed by atoms with van der Waals surface area (Å²) in [6, 6.07) is 12.0. The molecule has 0 N–H and O–H groups in total. The molecule has 0 aromatic heterocycles. The van der Waals surface area contributed by atoms with E-state index >= 15 is 0 Å². The molecule has 0 saturated heterocycles. The van der Waals surface area contributed by atoms with Crippen LogP contribution >= 0.6 is 0 Å². The molecule has 0 heteroatoms. The van der Waals surface area contributed by atoms with Gasteiger partial charge in [-0.05, 0) is 19.3 Å². The van der Waals surface area contributed by atoms with E-state index in [-0.39, 0.29) is 0 Å². The maximum absolute atomic E-state index is 2.22. The molecule has 0 aliphatic heterocycles. The summed E-state index contributed by atoms with van der Waals surface area (Å²) in [6.45, 7) is 14.9. The quantitative estimate of drug-likeness (QED) is 0.491. The van der Waals surface area contributed by atoms with Crippen LogP contribution in [0.4, 0.5) is 0 Å². The van der Waals surface area contributed by atoms with Gasteiger partial charge in [-0.25, -0.2) is 0 Å². The van der Waals surface area contributed by atoms with E-state index in [4.69, 9.17) is 0 Å². The van der Waals surface area contributed by atoms with E-state index in [2.05, 4.69) is 40.7 Å². The second kappa shape index (κ2) is 10.5. The third kappa shape index (κ3) is 11.0. The molecule has 0 saturated carbocycles. The Morgan fingerprint density at radius 1 is 0.812 bits per heavy atom. The van der Waals surface area contributed by atoms with Gasteiger partial charge in [0.25, 0.3) is 0 Å². The molecule has 0 aliphatic carbocycles. The summed E-state index contributed by atoms with van der Waals surface area (Å²) < 4.78 is 0. The summed E-state index contributed by atoms with van der Waals surface area (Å²) in [6.07, 6.45) is 2.17. The number of rotatable bonds is 0. The molecule has 92 valence electrons. The van der Waals surface area contributed by atoms with Gasteiger partial charge in [-0.2, -0.15) is 0 Å². The van der Waals surface area contributed by atoms with Gasteiger partial charge < -0.3 is 0 Å². The Labute approximate surface area is 102 Å². The van der Waals surface area contributed by atoms with Crippen LogP contribution in [0, 0.1) is 5.41 Å². The summed E-state index contributed by atoms with van der Waals surface area (Å²) in [5.41, 5.74) is 1.83. The molecule has 0 spiro atoms. The van der Waals surface area contributed by atoms with Gasteiger partial charge in [0, 0.05) is 0 Å². The fourth-order valence-electron chi connectivity index (χ4n) is 0.818. The van der Waals surface area contributed by atoms with Crippen molar-refractivity contribution in [3.63, 3.8) is 0 Å². The maximum atomic E-state index is 2.22. The molecule has 0 aliphatic rings. The molecule has 0 atom stereocenters. The summed E-state index contributed by atoms with van der Waals surface area (Å²) in [5.74, 6) is 0. The Bertz CT molecular complexity index is 222. The molecular weight excluding hydrogens is 192 g/mol. The Balaban J connectivity index is 0. The Hall–Kier alpha value is -1.04. The minimum Gasteiger partial charge on any atom is -0.0882 e. The molecule has 0 nitrogen and oxygen atoms in total. The molecule has 0 bridgehead atoms. The Morgan fingerprint density at radius 3 is 1.12 bits per heavy atom. The molecule has 16 heavy (non-hydrogen) atoms. The monoisotopic (exact) mass is 220 g/mol. The van der Waals surface area contributed by atoms with Crippen LogP contribution in [-0.2, 0) is 0 Å². The van der Waals surface area contributed by atoms with E-state index in [0.717, 1.165) is 0 Å². The van der Waals surface area contributed by atoms with Gasteiger partial charge in [0.2, 0.25) is 0 Å². The maximum Gasteiger partial charge on any atom is -0.0176 e. The lowest BCUT2D eigenvalue weighted by molar-refractivity contribution is 0.503. The van der Waals surface area contributed by atoms with Crippen LogP contribution in [0.1, 0.15) is 48.5 Å². The lowest BCUT2D eigenvalue weighted by Gasteiger charge is -2.18. The molecule has 1 aromatic carbocycles. The van der Waals surface area contributed by atoms with Gasteiger partial charge in [0.1, 0.15) is 0 Å². The normalized spacial score (nSPS) is 10.6. The molecule has 0 fully saturated rings. The van der Waals surface area contributed by atoms with Gasteiger partial charge in [-0.3, -0.25) is 0 Å². The first kappa shape index (κ1) is 17.4. The second-order valence-corrected chi connectivity index (χ2v) is 4.38. The highest BCUT2D eigenvalue weighted by atomic mass is 14.2. The van der Waals surface area contributed by atoms with Crippen LogP contribution in [0.5, 0.6) is 0 Å². The fraction of sp³-hybridized carbons (Fsp3) is 0.500. The number of hydrogen-bond donors (Lipinski definition) is 0. The van der Waals surface area contributed by atoms with Crippen LogP contribution in [0.3, 0.4) is 0 Å². The number of allylic oxidation sites excluding steroid dienone is 2. The van der Waals surface area contributed by atoms with Crippen LogP contribution < -0.4 is 0 Å². The fourth-order valence-corrected chi connectivity index (χ4v) is 0.818. The van der Waals surface area contributed by atoms with E-state index in [1.165, 1.54) is 5.57 Å². The van der Waals surface area contributed by atoms with Crippen molar-refractivity contribution in [1.29, 1.82) is 0 Å². The van der Waals surface area contributed by atoms with Crippen molar-refractivity contribution in [3.05, 3.63) is 48.0 Å². The topological polar surface area (TPSA) is 0 Å². The van der Waals surface area contributed by atoms with E-state index in [1.807, 2.05) is 50.2 Å². The minimum absolute atomic E-state index is 0.370. The first-order chi connectivity index (χ1) is 7.48. The van der Waals surface area contributed by atoms with Crippen LogP contribution in [0.15, 0.2) is 48.0 Å². The van der Waals surface area contributed by atoms with Gasteiger partial charge in [0.05, 0.1) is 0 Å². The third-order valence-electron chi connectivity index (χ3n) is 2.28. The highest BCUT2D eigenvalue weighted by molar-refractivity contribution is 5.05. The molecule has 0 amide bonds. The van der Waals surface area contributed by atoms with Crippen molar-refractivity contribution in [3.8, 4) is 0 Å². The standard InChI is InChI=1S/C8H16.C6H6.C2H6/c1-6-7(2)8(3,4)5;1-2-4-6-5-3-1;1-2/h6H,1-5H3;1-6H;1-2H3/b7-6+;;.